The molecule has 2 atom stereocenters. The number of ketones is 1. The van der Waals surface area contributed by atoms with Gasteiger partial charge < -0.3 is 15.5 Å². The molecule has 2 N–H and O–H groups in total. The minimum Gasteiger partial charge on any atom is -0.335 e. The Kier molecular flexibility index (Phi) is 4.96. The second-order valence-electron chi connectivity index (χ2n) is 5.87. The quantitative estimate of drug-likeness (QED) is 0.840. The van der Waals surface area contributed by atoms with E-state index in [0.29, 0.717) is 17.2 Å². The van der Waals surface area contributed by atoms with Crippen molar-refractivity contribution in [1.82, 2.24) is 10.2 Å². The first-order valence-corrected chi connectivity index (χ1v) is 7.33. The third-order valence-electron chi connectivity index (χ3n) is 3.97. The molecule has 0 radical (unpaired) electrons. The maximum atomic E-state index is 12.0. The van der Waals surface area contributed by atoms with Gasteiger partial charge in [0.15, 0.2) is 5.78 Å². The van der Waals surface area contributed by atoms with Crippen molar-refractivity contribution in [2.45, 2.75) is 26.3 Å². The zero-order valence-corrected chi connectivity index (χ0v) is 12.8. The van der Waals surface area contributed by atoms with Crippen LogP contribution in [0.4, 0.5) is 10.5 Å². The molecule has 5 heteroatoms. The van der Waals surface area contributed by atoms with Crippen LogP contribution in [0.3, 0.4) is 0 Å². The number of nitrogens with zero attached hydrogens (tertiary/aromatic N) is 1. The van der Waals surface area contributed by atoms with Gasteiger partial charge in [0.1, 0.15) is 0 Å². The lowest BCUT2D eigenvalue weighted by atomic mass is 9.94. The molecular weight excluding hydrogens is 266 g/mol. The summed E-state index contributed by atoms with van der Waals surface area (Å²) in [6, 6.07) is 6.94. The maximum Gasteiger partial charge on any atom is 0.319 e. The Morgan fingerprint density at radius 1 is 1.24 bits per heavy atom. The highest BCUT2D eigenvalue weighted by atomic mass is 16.2. The van der Waals surface area contributed by atoms with Gasteiger partial charge in [-0.05, 0) is 57.1 Å². The fourth-order valence-electron chi connectivity index (χ4n) is 2.69. The van der Waals surface area contributed by atoms with E-state index in [4.69, 9.17) is 0 Å². The van der Waals surface area contributed by atoms with E-state index < -0.39 is 0 Å². The van der Waals surface area contributed by atoms with Gasteiger partial charge in [0.2, 0.25) is 0 Å². The number of Topliss-reactive ketones (excluding diaryl/α,β-unsaturated/α-hetero) is 1. The molecule has 1 aromatic carbocycles. The van der Waals surface area contributed by atoms with Gasteiger partial charge in [0, 0.05) is 23.8 Å². The average Bonchev–Trinajstić information content (AvgIpc) is 2.42. The van der Waals surface area contributed by atoms with Crippen LogP contribution in [0.1, 0.15) is 30.6 Å². The molecule has 2 amide bonds. The molecule has 21 heavy (non-hydrogen) atoms. The lowest BCUT2D eigenvalue weighted by Gasteiger charge is -2.35. The monoisotopic (exact) mass is 289 g/mol. The van der Waals surface area contributed by atoms with Crippen molar-refractivity contribution < 1.29 is 9.59 Å². The van der Waals surface area contributed by atoms with Crippen molar-refractivity contribution in [3.8, 4) is 0 Å². The first-order chi connectivity index (χ1) is 9.95. The molecule has 0 saturated carbocycles. The number of carbonyl (C=O) groups is 2. The highest BCUT2D eigenvalue weighted by molar-refractivity contribution is 5.95. The Morgan fingerprint density at radius 3 is 2.48 bits per heavy atom. The van der Waals surface area contributed by atoms with E-state index >= 15 is 0 Å². The van der Waals surface area contributed by atoms with Crippen LogP contribution in [-0.2, 0) is 0 Å². The smallest absolute Gasteiger partial charge is 0.319 e. The van der Waals surface area contributed by atoms with E-state index in [0.717, 1.165) is 19.5 Å². The second-order valence-corrected chi connectivity index (χ2v) is 5.87. The summed E-state index contributed by atoms with van der Waals surface area (Å²) in [6.07, 6.45) is 0.967. The van der Waals surface area contributed by atoms with E-state index in [2.05, 4.69) is 29.5 Å². The number of carbonyl (C=O) groups excluding carboxylic acids is 2. The number of amides is 2. The van der Waals surface area contributed by atoms with Gasteiger partial charge in [-0.3, -0.25) is 4.79 Å². The Morgan fingerprint density at radius 2 is 1.90 bits per heavy atom. The fraction of sp³-hybridized carbons (Fsp3) is 0.500. The summed E-state index contributed by atoms with van der Waals surface area (Å²) in [5.74, 6) is 0.459. The number of urea groups is 1. The predicted octanol–water partition coefficient (Wildman–Crippen LogP) is 2.35. The number of nitrogens with one attached hydrogen (secondary N) is 2. The standard InChI is InChI=1S/C16H23N3O2/c1-11-10-19(3)9-8-15(11)18-16(21)17-14-6-4-13(5-7-14)12(2)20/h4-7,11,15H,8-10H2,1-3H3,(H2,17,18,21). The van der Waals surface area contributed by atoms with Crippen molar-refractivity contribution in [3.05, 3.63) is 29.8 Å². The molecule has 0 aromatic heterocycles. The van der Waals surface area contributed by atoms with Gasteiger partial charge >= 0.3 is 6.03 Å². The normalized spacial score (nSPS) is 22.6. The average molecular weight is 289 g/mol. The molecule has 0 bridgehead atoms. The Hall–Kier alpha value is -1.88. The van der Waals surface area contributed by atoms with E-state index in [1.807, 2.05) is 0 Å². The molecular formula is C16H23N3O2. The minimum atomic E-state index is -0.188. The Balaban J connectivity index is 1.88. The highest BCUT2D eigenvalue weighted by Crippen LogP contribution is 2.16. The number of anilines is 1. The number of likely N-dealkylation sites (tertiary alicyclic amines) is 1. The predicted molar refractivity (Wildman–Crippen MR) is 83.7 cm³/mol. The van der Waals surface area contributed by atoms with Crippen LogP contribution in [-0.4, -0.2) is 42.9 Å². The van der Waals surface area contributed by atoms with E-state index in [1.165, 1.54) is 6.92 Å². The largest absolute Gasteiger partial charge is 0.335 e. The molecule has 2 unspecified atom stereocenters. The van der Waals surface area contributed by atoms with Crippen LogP contribution in [0.2, 0.25) is 0 Å². The van der Waals surface area contributed by atoms with Crippen molar-refractivity contribution in [2.24, 2.45) is 5.92 Å². The van der Waals surface area contributed by atoms with Gasteiger partial charge in [0.25, 0.3) is 0 Å². The van der Waals surface area contributed by atoms with Gasteiger partial charge in [-0.1, -0.05) is 6.92 Å². The van der Waals surface area contributed by atoms with Crippen molar-refractivity contribution in [3.63, 3.8) is 0 Å². The molecule has 1 aliphatic heterocycles. The minimum absolute atomic E-state index is 0.0196. The van der Waals surface area contributed by atoms with Crippen molar-refractivity contribution >= 4 is 17.5 Å². The third-order valence-corrected chi connectivity index (χ3v) is 3.97. The van der Waals surface area contributed by atoms with E-state index in [9.17, 15) is 9.59 Å². The molecule has 114 valence electrons. The molecule has 2 rings (SSSR count). The summed E-state index contributed by atoms with van der Waals surface area (Å²) in [5.41, 5.74) is 1.34. The van der Waals surface area contributed by atoms with Gasteiger partial charge in [-0.25, -0.2) is 4.79 Å². The first kappa shape index (κ1) is 15.5. The second kappa shape index (κ2) is 6.72. The van der Waals surface area contributed by atoms with Crippen LogP contribution in [0, 0.1) is 5.92 Å². The molecule has 1 aromatic rings. The maximum absolute atomic E-state index is 12.0. The van der Waals surface area contributed by atoms with Crippen molar-refractivity contribution in [1.29, 1.82) is 0 Å². The number of hydrogen-bond donors (Lipinski definition) is 2. The topological polar surface area (TPSA) is 61.4 Å². The Bertz CT molecular complexity index is 513. The van der Waals surface area contributed by atoms with Gasteiger partial charge in [0.05, 0.1) is 0 Å². The van der Waals surface area contributed by atoms with Gasteiger partial charge in [-0.15, -0.1) is 0 Å². The SMILES string of the molecule is CC(=O)c1ccc(NC(=O)NC2CCN(C)CC2C)cc1. The summed E-state index contributed by atoms with van der Waals surface area (Å²) < 4.78 is 0. The van der Waals surface area contributed by atoms with Crippen LogP contribution < -0.4 is 10.6 Å². The fourth-order valence-corrected chi connectivity index (χ4v) is 2.69. The van der Waals surface area contributed by atoms with Gasteiger partial charge in [-0.2, -0.15) is 0 Å². The number of hydrogen-bond acceptors (Lipinski definition) is 3. The molecule has 0 aliphatic carbocycles. The molecule has 1 heterocycles. The van der Waals surface area contributed by atoms with Crippen LogP contribution >= 0.6 is 0 Å². The number of piperidine rings is 1. The van der Waals surface area contributed by atoms with Crippen LogP contribution in [0.25, 0.3) is 0 Å². The van der Waals surface area contributed by atoms with Crippen molar-refractivity contribution in [2.75, 3.05) is 25.5 Å². The summed E-state index contributed by atoms with van der Waals surface area (Å²) in [4.78, 5) is 25.5. The summed E-state index contributed by atoms with van der Waals surface area (Å²) >= 11 is 0. The Labute approximate surface area is 125 Å². The lowest BCUT2D eigenvalue weighted by molar-refractivity contribution is 0.101. The number of benzene rings is 1. The van der Waals surface area contributed by atoms with Crippen LogP contribution in [0.5, 0.6) is 0 Å². The van der Waals surface area contributed by atoms with E-state index in [-0.39, 0.29) is 17.9 Å². The first-order valence-electron chi connectivity index (χ1n) is 7.33. The summed E-state index contributed by atoms with van der Waals surface area (Å²) in [6.45, 7) is 5.68. The van der Waals surface area contributed by atoms with E-state index in [1.54, 1.807) is 24.3 Å². The molecule has 1 saturated heterocycles. The molecule has 5 nitrogen and oxygen atoms in total. The molecule has 1 fully saturated rings. The zero-order valence-electron chi connectivity index (χ0n) is 12.8. The summed E-state index contributed by atoms with van der Waals surface area (Å²) in [5, 5.41) is 5.84. The zero-order chi connectivity index (χ0) is 15.4. The highest BCUT2D eigenvalue weighted by Gasteiger charge is 2.25. The third kappa shape index (κ3) is 4.29. The molecule has 1 aliphatic rings. The number of rotatable bonds is 3. The molecule has 0 spiro atoms. The lowest BCUT2D eigenvalue weighted by Crippen LogP contribution is -2.49. The summed E-state index contributed by atoms with van der Waals surface area (Å²) in [7, 11) is 2.10. The van der Waals surface area contributed by atoms with Crippen LogP contribution in [0.15, 0.2) is 24.3 Å².